The number of hydrogen-bond donors (Lipinski definition) is 0. The molecule has 0 fully saturated rings. The number of nitriles is 1. The molecule has 0 saturated carbocycles. The zero-order chi connectivity index (χ0) is 26.8. The largest absolute Gasteiger partial charge is 0.497 e. The number of aromatic nitrogens is 3. The molecule has 2 heterocycles. The fourth-order valence-corrected chi connectivity index (χ4v) is 4.30. The number of fused-ring (bicyclic) bond motifs is 1. The molecule has 9 heteroatoms. The van der Waals surface area contributed by atoms with Gasteiger partial charge in [-0.3, -0.25) is 4.79 Å². The highest BCUT2D eigenvalue weighted by atomic mass is 35.5. The van der Waals surface area contributed by atoms with Gasteiger partial charge in [0.1, 0.15) is 17.4 Å². The fraction of sp³-hybridized carbons (Fsp3) is 0.103. The molecule has 0 N–H and O–H groups in total. The summed E-state index contributed by atoms with van der Waals surface area (Å²) in [5.74, 6) is 1.88. The second-order valence-corrected chi connectivity index (χ2v) is 8.66. The van der Waals surface area contributed by atoms with Crippen molar-refractivity contribution in [2.75, 3.05) is 21.3 Å². The summed E-state index contributed by atoms with van der Waals surface area (Å²) in [5, 5.41) is 10.5. The normalized spacial score (nSPS) is 10.7. The molecule has 3 aromatic carbocycles. The van der Waals surface area contributed by atoms with E-state index in [0.717, 1.165) is 5.56 Å². The van der Waals surface area contributed by atoms with Crippen molar-refractivity contribution in [3.05, 3.63) is 93.7 Å². The number of rotatable bonds is 6. The maximum atomic E-state index is 13.7. The summed E-state index contributed by atoms with van der Waals surface area (Å²) < 4.78 is 17.4. The van der Waals surface area contributed by atoms with Gasteiger partial charge in [-0.2, -0.15) is 5.26 Å². The smallest absolute Gasteiger partial charge is 0.278 e. The third-order valence-electron chi connectivity index (χ3n) is 6.09. The van der Waals surface area contributed by atoms with Crippen molar-refractivity contribution in [2.24, 2.45) is 0 Å². The lowest BCUT2D eigenvalue weighted by atomic mass is 10.1. The second-order valence-electron chi connectivity index (χ2n) is 8.22. The molecule has 0 spiro atoms. The summed E-state index contributed by atoms with van der Waals surface area (Å²) in [6.07, 6.45) is 0. The highest BCUT2D eigenvalue weighted by molar-refractivity contribution is 6.30. The average Bonchev–Trinajstić information content (AvgIpc) is 2.96. The van der Waals surface area contributed by atoms with Gasteiger partial charge in [-0.05, 0) is 66.2 Å². The molecule has 38 heavy (non-hydrogen) atoms. The Hall–Kier alpha value is -4.87. The second kappa shape index (κ2) is 10.2. The standard InChI is InChI=1S/C29H21ClN4O4/c1-36-21-11-6-18(7-12-21)27-22(16-31)28(35)34-24(17-4-9-20(30)10-5-17)15-23(32-29(34)33-27)19-8-13-25(37-2)26(14-19)38-3/h4-15H,1-3H3. The predicted molar refractivity (Wildman–Crippen MR) is 145 cm³/mol. The van der Waals surface area contributed by atoms with E-state index in [0.29, 0.717) is 44.8 Å². The van der Waals surface area contributed by atoms with Crippen LogP contribution in [0.25, 0.3) is 39.5 Å². The van der Waals surface area contributed by atoms with Gasteiger partial charge in [-0.25, -0.2) is 14.4 Å². The number of halogens is 1. The Bertz CT molecular complexity index is 1760. The lowest BCUT2D eigenvalue weighted by Crippen LogP contribution is -2.22. The van der Waals surface area contributed by atoms with E-state index >= 15 is 0 Å². The first-order valence-electron chi connectivity index (χ1n) is 11.5. The molecule has 0 aliphatic rings. The summed E-state index contributed by atoms with van der Waals surface area (Å²) in [5.41, 5.74) is 2.69. The van der Waals surface area contributed by atoms with E-state index in [1.54, 1.807) is 88.1 Å². The van der Waals surface area contributed by atoms with Crippen LogP contribution < -0.4 is 19.8 Å². The monoisotopic (exact) mass is 524 g/mol. The summed E-state index contributed by atoms with van der Waals surface area (Å²) in [4.78, 5) is 23.2. The van der Waals surface area contributed by atoms with E-state index < -0.39 is 5.56 Å². The number of hydrogen-bond acceptors (Lipinski definition) is 7. The minimum absolute atomic E-state index is 0.0939. The van der Waals surface area contributed by atoms with Crippen LogP contribution in [-0.4, -0.2) is 35.7 Å². The molecule has 0 aliphatic carbocycles. The molecule has 0 aliphatic heterocycles. The van der Waals surface area contributed by atoms with Gasteiger partial charge >= 0.3 is 0 Å². The molecule has 188 valence electrons. The molecule has 0 saturated heterocycles. The van der Waals surface area contributed by atoms with Crippen molar-refractivity contribution < 1.29 is 14.2 Å². The minimum atomic E-state index is -0.528. The molecule has 0 bridgehead atoms. The number of nitrogens with zero attached hydrogens (tertiary/aromatic N) is 4. The van der Waals surface area contributed by atoms with E-state index in [1.807, 2.05) is 12.1 Å². The number of methoxy groups -OCH3 is 3. The van der Waals surface area contributed by atoms with Gasteiger partial charge in [0.15, 0.2) is 11.5 Å². The van der Waals surface area contributed by atoms with Gasteiger partial charge in [0.05, 0.1) is 38.4 Å². The quantitative estimate of drug-likeness (QED) is 0.283. The van der Waals surface area contributed by atoms with Crippen LogP contribution in [0.5, 0.6) is 17.2 Å². The Morgan fingerprint density at radius 3 is 2.08 bits per heavy atom. The van der Waals surface area contributed by atoms with Crippen LogP contribution in [0.15, 0.2) is 77.6 Å². The Morgan fingerprint density at radius 1 is 0.789 bits per heavy atom. The molecule has 0 unspecified atom stereocenters. The molecular formula is C29H21ClN4O4. The highest BCUT2D eigenvalue weighted by Gasteiger charge is 2.20. The lowest BCUT2D eigenvalue weighted by Gasteiger charge is -2.14. The first-order chi connectivity index (χ1) is 18.5. The molecule has 2 aromatic heterocycles. The zero-order valence-corrected chi connectivity index (χ0v) is 21.5. The molecule has 0 amide bonds. The number of ether oxygens (including phenoxy) is 3. The van der Waals surface area contributed by atoms with E-state index in [4.69, 9.17) is 35.8 Å². The van der Waals surface area contributed by atoms with Crippen molar-refractivity contribution in [3.63, 3.8) is 0 Å². The Kier molecular flexibility index (Phi) is 6.69. The van der Waals surface area contributed by atoms with Gasteiger partial charge in [-0.15, -0.1) is 0 Å². The maximum absolute atomic E-state index is 13.7. The Balaban J connectivity index is 1.84. The van der Waals surface area contributed by atoms with E-state index in [1.165, 1.54) is 4.40 Å². The van der Waals surface area contributed by atoms with Gasteiger partial charge < -0.3 is 14.2 Å². The van der Waals surface area contributed by atoms with Crippen LogP contribution in [0.2, 0.25) is 5.02 Å². The van der Waals surface area contributed by atoms with Crippen molar-refractivity contribution >= 4 is 17.4 Å². The Morgan fingerprint density at radius 2 is 1.45 bits per heavy atom. The fourth-order valence-electron chi connectivity index (χ4n) is 4.17. The van der Waals surface area contributed by atoms with E-state index in [2.05, 4.69) is 0 Å². The molecule has 8 nitrogen and oxygen atoms in total. The lowest BCUT2D eigenvalue weighted by molar-refractivity contribution is 0.355. The summed E-state index contributed by atoms with van der Waals surface area (Å²) >= 11 is 6.12. The summed E-state index contributed by atoms with van der Waals surface area (Å²) in [6, 6.07) is 23.3. The van der Waals surface area contributed by atoms with Crippen LogP contribution in [0.4, 0.5) is 0 Å². The third kappa shape index (κ3) is 4.40. The van der Waals surface area contributed by atoms with Gasteiger partial charge in [0, 0.05) is 16.1 Å². The molecular weight excluding hydrogens is 504 g/mol. The van der Waals surface area contributed by atoms with Crippen LogP contribution in [0.3, 0.4) is 0 Å². The highest BCUT2D eigenvalue weighted by Crippen LogP contribution is 2.34. The molecule has 5 aromatic rings. The van der Waals surface area contributed by atoms with E-state index in [-0.39, 0.29) is 17.0 Å². The summed E-state index contributed by atoms with van der Waals surface area (Å²) in [6.45, 7) is 0. The summed E-state index contributed by atoms with van der Waals surface area (Å²) in [7, 11) is 4.68. The molecule has 0 atom stereocenters. The first kappa shape index (κ1) is 24.8. The van der Waals surface area contributed by atoms with Crippen molar-refractivity contribution in [1.29, 1.82) is 5.26 Å². The topological polar surface area (TPSA) is 98.7 Å². The van der Waals surface area contributed by atoms with Gasteiger partial charge in [0.2, 0.25) is 5.78 Å². The molecule has 5 rings (SSSR count). The van der Waals surface area contributed by atoms with Crippen LogP contribution in [-0.2, 0) is 0 Å². The van der Waals surface area contributed by atoms with Crippen molar-refractivity contribution in [3.8, 4) is 57.1 Å². The first-order valence-corrected chi connectivity index (χ1v) is 11.9. The average molecular weight is 525 g/mol. The maximum Gasteiger partial charge on any atom is 0.278 e. The predicted octanol–water partition coefficient (Wildman–Crippen LogP) is 5.64. The van der Waals surface area contributed by atoms with E-state index in [9.17, 15) is 10.1 Å². The SMILES string of the molecule is COc1ccc(-c2nc3nc(-c4ccc(OC)c(OC)c4)cc(-c4ccc(Cl)cc4)n3c(=O)c2C#N)cc1. The third-order valence-corrected chi connectivity index (χ3v) is 6.35. The zero-order valence-electron chi connectivity index (χ0n) is 20.7. The van der Waals surface area contributed by atoms with Crippen LogP contribution >= 0.6 is 11.6 Å². The van der Waals surface area contributed by atoms with Crippen molar-refractivity contribution in [2.45, 2.75) is 0 Å². The minimum Gasteiger partial charge on any atom is -0.497 e. The Labute approximate surface area is 223 Å². The van der Waals surface area contributed by atoms with Gasteiger partial charge in [0.25, 0.3) is 5.56 Å². The molecule has 0 radical (unpaired) electrons. The van der Waals surface area contributed by atoms with Gasteiger partial charge in [-0.1, -0.05) is 23.7 Å². The van der Waals surface area contributed by atoms with Crippen molar-refractivity contribution in [1.82, 2.24) is 14.4 Å². The number of benzene rings is 3. The van der Waals surface area contributed by atoms with Crippen LogP contribution in [0.1, 0.15) is 5.56 Å². The van der Waals surface area contributed by atoms with Crippen LogP contribution in [0, 0.1) is 11.3 Å².